The standard InChI is InChI=1S/C18H36NO3P/c1-15(2)21-23(20,22-16(3)4)19(17-11-7-5-8-12-17)18-13-9-6-10-14-18/h15-18H,5-14H2,1-4H3. The predicted octanol–water partition coefficient (Wildman–Crippen LogP) is 5.91. The molecule has 0 unspecified atom stereocenters. The topological polar surface area (TPSA) is 38.8 Å². The zero-order valence-corrected chi connectivity index (χ0v) is 16.4. The van der Waals surface area contributed by atoms with E-state index in [0.29, 0.717) is 12.1 Å². The first-order valence-electron chi connectivity index (χ1n) is 9.68. The quantitative estimate of drug-likeness (QED) is 0.538. The second-order valence-corrected chi connectivity index (χ2v) is 9.56. The molecule has 2 aliphatic rings. The van der Waals surface area contributed by atoms with E-state index in [0.717, 1.165) is 25.7 Å². The fourth-order valence-electron chi connectivity index (χ4n) is 4.06. The van der Waals surface area contributed by atoms with E-state index in [4.69, 9.17) is 9.05 Å². The monoisotopic (exact) mass is 345 g/mol. The number of nitrogens with zero attached hydrogens (tertiary/aromatic N) is 1. The highest BCUT2D eigenvalue weighted by Crippen LogP contribution is 2.58. The Kier molecular flexibility index (Phi) is 7.59. The molecular weight excluding hydrogens is 309 g/mol. The van der Waals surface area contributed by atoms with Gasteiger partial charge in [-0.25, -0.2) is 9.24 Å². The van der Waals surface area contributed by atoms with Crippen molar-refractivity contribution < 1.29 is 13.6 Å². The van der Waals surface area contributed by atoms with Crippen LogP contribution in [0.1, 0.15) is 91.9 Å². The van der Waals surface area contributed by atoms with E-state index in [1.54, 1.807) is 0 Å². The number of rotatable bonds is 7. The maximum absolute atomic E-state index is 13.8. The Morgan fingerprint density at radius 3 is 1.39 bits per heavy atom. The Bertz CT molecular complexity index is 356. The third kappa shape index (κ3) is 5.56. The van der Waals surface area contributed by atoms with Crippen molar-refractivity contribution in [3.05, 3.63) is 0 Å². The molecule has 0 atom stereocenters. The Morgan fingerprint density at radius 1 is 0.739 bits per heavy atom. The lowest BCUT2D eigenvalue weighted by Crippen LogP contribution is -2.44. The summed E-state index contributed by atoms with van der Waals surface area (Å²) in [5.41, 5.74) is 0. The molecule has 0 aromatic carbocycles. The average Bonchev–Trinajstić information content (AvgIpc) is 2.47. The molecule has 0 N–H and O–H groups in total. The van der Waals surface area contributed by atoms with Crippen molar-refractivity contribution in [3.63, 3.8) is 0 Å². The predicted molar refractivity (Wildman–Crippen MR) is 95.6 cm³/mol. The lowest BCUT2D eigenvalue weighted by Gasteiger charge is -2.44. The van der Waals surface area contributed by atoms with Crippen LogP contribution in [-0.4, -0.2) is 29.0 Å². The van der Waals surface area contributed by atoms with E-state index in [-0.39, 0.29) is 12.2 Å². The van der Waals surface area contributed by atoms with E-state index >= 15 is 0 Å². The number of hydrogen-bond donors (Lipinski definition) is 0. The van der Waals surface area contributed by atoms with Gasteiger partial charge in [-0.15, -0.1) is 0 Å². The fourth-order valence-corrected chi connectivity index (χ4v) is 6.65. The lowest BCUT2D eigenvalue weighted by atomic mass is 9.91. The van der Waals surface area contributed by atoms with Crippen molar-refractivity contribution in [1.82, 2.24) is 4.67 Å². The maximum atomic E-state index is 13.8. The van der Waals surface area contributed by atoms with Crippen LogP contribution in [-0.2, 0) is 13.6 Å². The Balaban J connectivity index is 2.27. The van der Waals surface area contributed by atoms with Crippen LogP contribution in [0.4, 0.5) is 0 Å². The van der Waals surface area contributed by atoms with Crippen molar-refractivity contribution in [1.29, 1.82) is 0 Å². The van der Waals surface area contributed by atoms with Crippen LogP contribution in [0.5, 0.6) is 0 Å². The van der Waals surface area contributed by atoms with Gasteiger partial charge in [-0.1, -0.05) is 38.5 Å². The van der Waals surface area contributed by atoms with Gasteiger partial charge < -0.3 is 0 Å². The fraction of sp³-hybridized carbons (Fsp3) is 1.00. The first-order chi connectivity index (χ1) is 10.9. The molecule has 0 aliphatic heterocycles. The van der Waals surface area contributed by atoms with Crippen LogP contribution < -0.4 is 0 Å². The smallest absolute Gasteiger partial charge is 0.294 e. The van der Waals surface area contributed by atoms with Gasteiger partial charge in [0, 0.05) is 12.1 Å². The molecule has 5 heteroatoms. The summed E-state index contributed by atoms with van der Waals surface area (Å²) in [6, 6.07) is 0.713. The molecule has 4 nitrogen and oxygen atoms in total. The van der Waals surface area contributed by atoms with E-state index in [1.165, 1.54) is 38.5 Å². The van der Waals surface area contributed by atoms with Gasteiger partial charge in [0.1, 0.15) is 0 Å². The molecule has 2 aliphatic carbocycles. The highest BCUT2D eigenvalue weighted by Gasteiger charge is 2.44. The van der Waals surface area contributed by atoms with Gasteiger partial charge in [-0.2, -0.15) is 0 Å². The van der Waals surface area contributed by atoms with Gasteiger partial charge in [0.15, 0.2) is 0 Å². The molecule has 2 rings (SSSR count). The highest BCUT2D eigenvalue weighted by molar-refractivity contribution is 7.51. The Labute approximate surface area is 142 Å². The second kappa shape index (κ2) is 8.99. The summed E-state index contributed by atoms with van der Waals surface area (Å²) in [6.45, 7) is 7.82. The normalized spacial score (nSPS) is 22.4. The molecule has 2 fully saturated rings. The SMILES string of the molecule is CC(C)OP(=O)(OC(C)C)N(C1CCCCC1)C1CCCCC1. The van der Waals surface area contributed by atoms with Crippen LogP contribution in [0, 0.1) is 0 Å². The largest absolute Gasteiger partial charge is 0.409 e. The number of hydrogen-bond acceptors (Lipinski definition) is 3. The molecule has 0 saturated heterocycles. The van der Waals surface area contributed by atoms with Gasteiger partial charge in [-0.05, 0) is 53.4 Å². The molecule has 0 radical (unpaired) electrons. The van der Waals surface area contributed by atoms with Crippen LogP contribution in [0.3, 0.4) is 0 Å². The molecular formula is C18H36NO3P. The van der Waals surface area contributed by atoms with Crippen molar-refractivity contribution in [2.45, 2.75) is 116 Å². The van der Waals surface area contributed by atoms with Gasteiger partial charge in [-0.3, -0.25) is 9.05 Å². The van der Waals surface area contributed by atoms with Gasteiger partial charge in [0.2, 0.25) is 0 Å². The third-order valence-corrected chi connectivity index (χ3v) is 7.46. The first-order valence-corrected chi connectivity index (χ1v) is 11.2. The summed E-state index contributed by atoms with van der Waals surface area (Å²) in [5.74, 6) is 0. The summed E-state index contributed by atoms with van der Waals surface area (Å²) in [6.07, 6.45) is 11.9. The van der Waals surface area contributed by atoms with Crippen molar-refractivity contribution in [3.8, 4) is 0 Å². The lowest BCUT2D eigenvalue weighted by molar-refractivity contribution is 0.0612. The minimum atomic E-state index is -3.25. The van der Waals surface area contributed by atoms with Gasteiger partial charge >= 0.3 is 7.75 Å². The van der Waals surface area contributed by atoms with Gasteiger partial charge in [0.05, 0.1) is 12.2 Å². The molecule has 0 bridgehead atoms. The zero-order chi connectivity index (χ0) is 16.9. The summed E-state index contributed by atoms with van der Waals surface area (Å²) < 4.78 is 28.0. The minimum Gasteiger partial charge on any atom is -0.294 e. The van der Waals surface area contributed by atoms with Crippen molar-refractivity contribution >= 4 is 7.75 Å². The summed E-state index contributed by atoms with van der Waals surface area (Å²) >= 11 is 0. The molecule has 0 amide bonds. The van der Waals surface area contributed by atoms with Crippen LogP contribution >= 0.6 is 7.75 Å². The molecule has 136 valence electrons. The second-order valence-electron chi connectivity index (χ2n) is 7.74. The maximum Gasteiger partial charge on any atom is 0.409 e. The Morgan fingerprint density at radius 2 is 1.09 bits per heavy atom. The molecule has 23 heavy (non-hydrogen) atoms. The molecule has 0 aromatic rings. The molecule has 0 heterocycles. The average molecular weight is 345 g/mol. The van der Waals surface area contributed by atoms with Crippen molar-refractivity contribution in [2.75, 3.05) is 0 Å². The van der Waals surface area contributed by atoms with Crippen LogP contribution in [0.2, 0.25) is 0 Å². The van der Waals surface area contributed by atoms with Crippen molar-refractivity contribution in [2.24, 2.45) is 0 Å². The van der Waals surface area contributed by atoms with E-state index in [1.807, 2.05) is 27.7 Å². The summed E-state index contributed by atoms with van der Waals surface area (Å²) in [4.78, 5) is 0. The zero-order valence-electron chi connectivity index (χ0n) is 15.5. The van der Waals surface area contributed by atoms with E-state index in [2.05, 4.69) is 4.67 Å². The highest BCUT2D eigenvalue weighted by atomic mass is 31.2. The summed E-state index contributed by atoms with van der Waals surface area (Å²) in [7, 11) is -3.25. The molecule has 0 spiro atoms. The molecule has 2 saturated carbocycles. The Hall–Kier alpha value is 0.110. The van der Waals surface area contributed by atoms with Crippen LogP contribution in [0.25, 0.3) is 0 Å². The van der Waals surface area contributed by atoms with Crippen LogP contribution in [0.15, 0.2) is 0 Å². The molecule has 0 aromatic heterocycles. The van der Waals surface area contributed by atoms with E-state index < -0.39 is 7.75 Å². The van der Waals surface area contributed by atoms with Gasteiger partial charge in [0.25, 0.3) is 0 Å². The minimum absolute atomic E-state index is 0.0886. The first kappa shape index (κ1) is 19.4. The third-order valence-electron chi connectivity index (χ3n) is 4.87. The summed E-state index contributed by atoms with van der Waals surface area (Å²) in [5, 5.41) is 0. The van der Waals surface area contributed by atoms with E-state index in [9.17, 15) is 4.57 Å².